The number of benzene rings is 1. The second kappa shape index (κ2) is 4.44. The molecule has 5 heteroatoms. The Labute approximate surface area is 94.0 Å². The fraction of sp³-hybridized carbons (Fsp3) is 0.100. The Balaban J connectivity index is 1.96. The van der Waals surface area contributed by atoms with Gasteiger partial charge < -0.3 is 9.26 Å². The number of ether oxygens (including phenoxy) is 1. The van der Waals surface area contributed by atoms with Crippen molar-refractivity contribution in [3.63, 3.8) is 0 Å². The van der Waals surface area contributed by atoms with Gasteiger partial charge in [-0.15, -0.1) is 0 Å². The van der Waals surface area contributed by atoms with Crippen LogP contribution in [0.25, 0.3) is 0 Å². The average Bonchev–Trinajstić information content (AvgIpc) is 2.64. The van der Waals surface area contributed by atoms with E-state index >= 15 is 0 Å². The van der Waals surface area contributed by atoms with Crippen LogP contribution in [0, 0.1) is 5.82 Å². The Hall–Kier alpha value is -1.36. The lowest BCUT2D eigenvalue weighted by molar-refractivity contribution is 0.248. The first-order valence-electron chi connectivity index (χ1n) is 4.23. The maximum Gasteiger partial charge on any atom is 0.175 e. The molecule has 0 aliphatic rings. The fourth-order valence-electron chi connectivity index (χ4n) is 1.04. The van der Waals surface area contributed by atoms with Gasteiger partial charge in [-0.05, 0) is 40.2 Å². The third kappa shape index (κ3) is 2.79. The van der Waals surface area contributed by atoms with Gasteiger partial charge in [0.1, 0.15) is 22.8 Å². The number of hydrogen-bond acceptors (Lipinski definition) is 3. The summed E-state index contributed by atoms with van der Waals surface area (Å²) >= 11 is 3.16. The highest BCUT2D eigenvalue weighted by Gasteiger charge is 2.02. The zero-order chi connectivity index (χ0) is 10.7. The molecule has 0 bridgehead atoms. The summed E-state index contributed by atoms with van der Waals surface area (Å²) in [5.41, 5.74) is 0. The predicted octanol–water partition coefficient (Wildman–Crippen LogP) is 3.16. The molecule has 0 unspecified atom stereocenters. The fourth-order valence-corrected chi connectivity index (χ4v) is 1.37. The van der Waals surface area contributed by atoms with E-state index in [2.05, 4.69) is 21.1 Å². The Bertz CT molecular complexity index is 441. The molecular weight excluding hydrogens is 265 g/mol. The molecule has 0 saturated heterocycles. The zero-order valence-electron chi connectivity index (χ0n) is 7.61. The molecule has 0 aliphatic heterocycles. The molecule has 0 atom stereocenters. The Morgan fingerprint density at radius 2 is 2.07 bits per heavy atom. The van der Waals surface area contributed by atoms with Crippen LogP contribution >= 0.6 is 15.9 Å². The van der Waals surface area contributed by atoms with Crippen LogP contribution in [0.4, 0.5) is 4.39 Å². The molecule has 1 aromatic carbocycles. The molecule has 1 heterocycles. The van der Waals surface area contributed by atoms with Crippen molar-refractivity contribution in [2.24, 2.45) is 0 Å². The van der Waals surface area contributed by atoms with Gasteiger partial charge in [-0.25, -0.2) is 4.39 Å². The molecule has 2 aromatic rings. The largest absolute Gasteiger partial charge is 0.486 e. The Morgan fingerprint density at radius 3 is 2.67 bits per heavy atom. The number of rotatable bonds is 3. The number of halogens is 2. The normalized spacial score (nSPS) is 10.3. The van der Waals surface area contributed by atoms with Crippen molar-refractivity contribution < 1.29 is 13.7 Å². The molecule has 0 saturated carbocycles. The van der Waals surface area contributed by atoms with Gasteiger partial charge in [-0.2, -0.15) is 0 Å². The van der Waals surface area contributed by atoms with Gasteiger partial charge in [0.15, 0.2) is 5.76 Å². The Kier molecular flexibility index (Phi) is 3.01. The molecule has 0 N–H and O–H groups in total. The van der Waals surface area contributed by atoms with Crippen LogP contribution < -0.4 is 4.74 Å². The molecule has 1 aromatic heterocycles. The third-order valence-corrected chi connectivity index (χ3v) is 2.10. The number of nitrogens with zero attached hydrogens (tertiary/aromatic N) is 1. The second-order valence-electron chi connectivity index (χ2n) is 2.86. The van der Waals surface area contributed by atoms with E-state index in [9.17, 15) is 4.39 Å². The van der Waals surface area contributed by atoms with E-state index in [1.165, 1.54) is 12.1 Å². The quantitative estimate of drug-likeness (QED) is 0.860. The van der Waals surface area contributed by atoms with Gasteiger partial charge >= 0.3 is 0 Å². The highest BCUT2D eigenvalue weighted by atomic mass is 79.9. The molecule has 0 aliphatic carbocycles. The summed E-state index contributed by atoms with van der Waals surface area (Å²) in [4.78, 5) is 0. The lowest BCUT2D eigenvalue weighted by atomic mass is 10.3. The minimum Gasteiger partial charge on any atom is -0.486 e. The van der Waals surface area contributed by atoms with Crippen molar-refractivity contribution in [1.29, 1.82) is 0 Å². The molecular formula is C10H7BrFNO2. The molecule has 0 radical (unpaired) electrons. The van der Waals surface area contributed by atoms with Gasteiger partial charge in [-0.3, -0.25) is 0 Å². The zero-order valence-corrected chi connectivity index (χ0v) is 9.20. The van der Waals surface area contributed by atoms with E-state index in [-0.39, 0.29) is 12.4 Å². The number of hydrogen-bond donors (Lipinski definition) is 0. The van der Waals surface area contributed by atoms with Crippen molar-refractivity contribution in [2.75, 3.05) is 0 Å². The van der Waals surface area contributed by atoms with Gasteiger partial charge in [-0.1, -0.05) is 5.16 Å². The lowest BCUT2D eigenvalue weighted by Crippen LogP contribution is -1.93. The van der Waals surface area contributed by atoms with Crippen LogP contribution in [0.3, 0.4) is 0 Å². The van der Waals surface area contributed by atoms with E-state index < -0.39 is 0 Å². The van der Waals surface area contributed by atoms with Crippen LogP contribution in [-0.2, 0) is 6.61 Å². The summed E-state index contributed by atoms with van der Waals surface area (Å²) in [5, 5.41) is 3.64. The second-order valence-corrected chi connectivity index (χ2v) is 3.67. The maximum absolute atomic E-state index is 12.6. The van der Waals surface area contributed by atoms with Crippen molar-refractivity contribution in [1.82, 2.24) is 5.16 Å². The summed E-state index contributed by atoms with van der Waals surface area (Å²) in [6.07, 6.45) is 0. The first-order valence-corrected chi connectivity index (χ1v) is 5.03. The molecule has 78 valence electrons. The molecule has 0 spiro atoms. The topological polar surface area (TPSA) is 35.3 Å². The standard InChI is InChI=1S/C10H7BrFNO2/c11-10-5-9(15-13-10)6-14-8-3-1-7(12)2-4-8/h1-5H,6H2. The van der Waals surface area contributed by atoms with E-state index in [4.69, 9.17) is 9.26 Å². The number of aromatic nitrogens is 1. The summed E-state index contributed by atoms with van der Waals surface area (Å²) in [7, 11) is 0. The van der Waals surface area contributed by atoms with Crippen LogP contribution in [0.1, 0.15) is 5.76 Å². The highest BCUT2D eigenvalue weighted by molar-refractivity contribution is 9.10. The molecule has 3 nitrogen and oxygen atoms in total. The third-order valence-electron chi connectivity index (χ3n) is 1.72. The SMILES string of the molecule is Fc1ccc(OCc2cc(Br)no2)cc1. The monoisotopic (exact) mass is 271 g/mol. The van der Waals surface area contributed by atoms with Gasteiger partial charge in [0.25, 0.3) is 0 Å². The molecule has 15 heavy (non-hydrogen) atoms. The average molecular weight is 272 g/mol. The smallest absolute Gasteiger partial charge is 0.175 e. The van der Waals surface area contributed by atoms with E-state index in [1.54, 1.807) is 18.2 Å². The lowest BCUT2D eigenvalue weighted by Gasteiger charge is -2.02. The van der Waals surface area contributed by atoms with Gasteiger partial charge in [0, 0.05) is 6.07 Å². The Morgan fingerprint density at radius 1 is 1.33 bits per heavy atom. The van der Waals surface area contributed by atoms with E-state index in [0.29, 0.717) is 16.1 Å². The predicted molar refractivity (Wildman–Crippen MR) is 54.9 cm³/mol. The summed E-state index contributed by atoms with van der Waals surface area (Å²) < 4.78 is 23.4. The minimum absolute atomic E-state index is 0.268. The van der Waals surface area contributed by atoms with Gasteiger partial charge in [0.05, 0.1) is 0 Å². The molecule has 0 fully saturated rings. The summed E-state index contributed by atoms with van der Waals surface area (Å²) in [5.74, 6) is 0.903. The van der Waals surface area contributed by atoms with Crippen molar-refractivity contribution in [2.45, 2.75) is 6.61 Å². The van der Waals surface area contributed by atoms with E-state index in [1.807, 2.05) is 0 Å². The van der Waals surface area contributed by atoms with E-state index in [0.717, 1.165) is 0 Å². The summed E-state index contributed by atoms with van der Waals surface area (Å²) in [6, 6.07) is 7.50. The van der Waals surface area contributed by atoms with Crippen LogP contribution in [0.2, 0.25) is 0 Å². The van der Waals surface area contributed by atoms with Gasteiger partial charge in [0.2, 0.25) is 0 Å². The van der Waals surface area contributed by atoms with Crippen molar-refractivity contribution >= 4 is 15.9 Å². The van der Waals surface area contributed by atoms with Crippen LogP contribution in [-0.4, -0.2) is 5.16 Å². The van der Waals surface area contributed by atoms with Crippen LogP contribution in [0.15, 0.2) is 39.5 Å². The minimum atomic E-state index is -0.287. The van der Waals surface area contributed by atoms with Crippen LogP contribution in [0.5, 0.6) is 5.75 Å². The first kappa shape index (κ1) is 10.2. The molecule has 0 amide bonds. The van der Waals surface area contributed by atoms with Crippen molar-refractivity contribution in [3.8, 4) is 5.75 Å². The first-order chi connectivity index (χ1) is 7.24. The highest BCUT2D eigenvalue weighted by Crippen LogP contribution is 2.15. The van der Waals surface area contributed by atoms with Crippen molar-refractivity contribution in [3.05, 3.63) is 46.5 Å². The summed E-state index contributed by atoms with van der Waals surface area (Å²) in [6.45, 7) is 0.268. The molecule has 2 rings (SSSR count). The maximum atomic E-state index is 12.6.